The molecule has 1 aromatic rings. The zero-order chi connectivity index (χ0) is 14.6. The van der Waals surface area contributed by atoms with E-state index >= 15 is 0 Å². The Morgan fingerprint density at radius 2 is 1.74 bits per heavy atom. The molecule has 0 bridgehead atoms. The number of hydrogen-bond donors (Lipinski definition) is 1. The van der Waals surface area contributed by atoms with Crippen LogP contribution in [-0.2, 0) is 0 Å². The SMILES string of the molecule is CNC(C(=O)c1cc(OC)c(C)cc1OC)C(C)C. The van der Waals surface area contributed by atoms with Crippen LogP contribution in [0, 0.1) is 12.8 Å². The molecule has 0 aromatic heterocycles. The molecule has 0 radical (unpaired) electrons. The standard InChI is InChI=1S/C15H23NO3/c1-9(2)14(16-4)15(17)11-8-12(18-5)10(3)7-13(11)19-6/h7-9,14,16H,1-6H3. The van der Waals surface area contributed by atoms with Crippen molar-refractivity contribution in [3.63, 3.8) is 0 Å². The fourth-order valence-corrected chi connectivity index (χ4v) is 2.18. The second kappa shape index (κ2) is 6.57. The highest BCUT2D eigenvalue weighted by atomic mass is 16.5. The summed E-state index contributed by atoms with van der Waals surface area (Å²) in [5.41, 5.74) is 1.50. The molecule has 106 valence electrons. The third kappa shape index (κ3) is 3.26. The lowest BCUT2D eigenvalue weighted by molar-refractivity contribution is 0.0919. The van der Waals surface area contributed by atoms with E-state index in [0.29, 0.717) is 17.1 Å². The lowest BCUT2D eigenvalue weighted by Crippen LogP contribution is -2.38. The summed E-state index contributed by atoms with van der Waals surface area (Å²) in [6.45, 7) is 5.95. The number of ether oxygens (including phenoxy) is 2. The van der Waals surface area contributed by atoms with Gasteiger partial charge in [0.25, 0.3) is 0 Å². The van der Waals surface area contributed by atoms with Gasteiger partial charge in [0.05, 0.1) is 25.8 Å². The zero-order valence-electron chi connectivity index (χ0n) is 12.5. The van der Waals surface area contributed by atoms with E-state index in [0.717, 1.165) is 5.56 Å². The summed E-state index contributed by atoms with van der Waals surface area (Å²) in [6.07, 6.45) is 0. The molecule has 1 atom stereocenters. The largest absolute Gasteiger partial charge is 0.496 e. The van der Waals surface area contributed by atoms with Gasteiger partial charge in [-0.3, -0.25) is 4.79 Å². The van der Waals surface area contributed by atoms with Gasteiger partial charge in [0.15, 0.2) is 5.78 Å². The van der Waals surface area contributed by atoms with Gasteiger partial charge >= 0.3 is 0 Å². The van der Waals surface area contributed by atoms with Gasteiger partial charge in [-0.2, -0.15) is 0 Å². The van der Waals surface area contributed by atoms with Crippen LogP contribution in [0.5, 0.6) is 11.5 Å². The molecular formula is C15H23NO3. The van der Waals surface area contributed by atoms with Gasteiger partial charge < -0.3 is 14.8 Å². The van der Waals surface area contributed by atoms with Crippen molar-refractivity contribution in [2.24, 2.45) is 5.92 Å². The highest BCUT2D eigenvalue weighted by molar-refractivity contribution is 6.03. The first-order chi connectivity index (χ1) is 8.96. The predicted octanol–water partition coefficient (Wildman–Crippen LogP) is 2.44. The van der Waals surface area contributed by atoms with Gasteiger partial charge in [-0.25, -0.2) is 0 Å². The Morgan fingerprint density at radius 1 is 1.16 bits per heavy atom. The first-order valence-electron chi connectivity index (χ1n) is 6.40. The van der Waals surface area contributed by atoms with Crippen LogP contribution in [0.4, 0.5) is 0 Å². The number of aryl methyl sites for hydroxylation is 1. The quantitative estimate of drug-likeness (QED) is 0.803. The van der Waals surface area contributed by atoms with Gasteiger partial charge in [-0.1, -0.05) is 13.8 Å². The number of rotatable bonds is 6. The second-order valence-electron chi connectivity index (χ2n) is 4.90. The van der Waals surface area contributed by atoms with E-state index in [2.05, 4.69) is 5.32 Å². The van der Waals surface area contributed by atoms with Crippen molar-refractivity contribution in [3.8, 4) is 11.5 Å². The van der Waals surface area contributed by atoms with Crippen molar-refractivity contribution >= 4 is 5.78 Å². The molecule has 1 unspecified atom stereocenters. The number of hydrogen-bond acceptors (Lipinski definition) is 4. The number of nitrogens with one attached hydrogen (secondary N) is 1. The van der Waals surface area contributed by atoms with Crippen LogP contribution in [0.25, 0.3) is 0 Å². The van der Waals surface area contributed by atoms with Crippen LogP contribution in [0.3, 0.4) is 0 Å². The average molecular weight is 265 g/mol. The molecule has 1 N–H and O–H groups in total. The minimum absolute atomic E-state index is 0.0210. The van der Waals surface area contributed by atoms with Crippen molar-refractivity contribution in [3.05, 3.63) is 23.3 Å². The molecule has 0 amide bonds. The molecule has 0 aliphatic rings. The molecule has 0 aliphatic carbocycles. The Morgan fingerprint density at radius 3 is 2.16 bits per heavy atom. The first-order valence-corrected chi connectivity index (χ1v) is 6.40. The maximum Gasteiger partial charge on any atom is 0.183 e. The fraction of sp³-hybridized carbons (Fsp3) is 0.533. The summed E-state index contributed by atoms with van der Waals surface area (Å²) >= 11 is 0. The van der Waals surface area contributed by atoms with E-state index in [1.807, 2.05) is 26.8 Å². The number of likely N-dealkylation sites (N-methyl/N-ethyl adjacent to an activating group) is 1. The van der Waals surface area contributed by atoms with Crippen molar-refractivity contribution in [1.29, 1.82) is 0 Å². The minimum atomic E-state index is -0.235. The van der Waals surface area contributed by atoms with Crippen LogP contribution in [0.15, 0.2) is 12.1 Å². The summed E-state index contributed by atoms with van der Waals surface area (Å²) in [6, 6.07) is 3.35. The third-order valence-electron chi connectivity index (χ3n) is 3.24. The summed E-state index contributed by atoms with van der Waals surface area (Å²) < 4.78 is 10.6. The average Bonchev–Trinajstić information content (AvgIpc) is 2.38. The lowest BCUT2D eigenvalue weighted by atomic mass is 9.93. The Labute approximate surface area is 115 Å². The molecule has 0 spiro atoms. The molecule has 0 saturated carbocycles. The predicted molar refractivity (Wildman–Crippen MR) is 76.3 cm³/mol. The molecule has 0 aliphatic heterocycles. The number of methoxy groups -OCH3 is 2. The smallest absolute Gasteiger partial charge is 0.183 e. The van der Waals surface area contributed by atoms with E-state index in [-0.39, 0.29) is 17.7 Å². The van der Waals surface area contributed by atoms with E-state index in [1.165, 1.54) is 0 Å². The summed E-state index contributed by atoms with van der Waals surface area (Å²) in [7, 11) is 4.96. The molecule has 1 aromatic carbocycles. The Kier molecular flexibility index (Phi) is 5.36. The normalized spacial score (nSPS) is 12.4. The molecule has 19 heavy (non-hydrogen) atoms. The number of Topliss-reactive ketones (excluding diaryl/α,β-unsaturated/α-hetero) is 1. The lowest BCUT2D eigenvalue weighted by Gasteiger charge is -2.21. The summed E-state index contributed by atoms with van der Waals surface area (Å²) in [5, 5.41) is 3.06. The van der Waals surface area contributed by atoms with Crippen LogP contribution >= 0.6 is 0 Å². The number of benzene rings is 1. The monoisotopic (exact) mass is 265 g/mol. The highest BCUT2D eigenvalue weighted by Crippen LogP contribution is 2.29. The maximum absolute atomic E-state index is 12.6. The van der Waals surface area contributed by atoms with Crippen LogP contribution in [-0.4, -0.2) is 33.1 Å². The third-order valence-corrected chi connectivity index (χ3v) is 3.24. The van der Waals surface area contributed by atoms with Crippen molar-refractivity contribution < 1.29 is 14.3 Å². The van der Waals surface area contributed by atoms with E-state index in [4.69, 9.17) is 9.47 Å². The van der Waals surface area contributed by atoms with Gasteiger partial charge in [0.2, 0.25) is 0 Å². The number of ketones is 1. The van der Waals surface area contributed by atoms with Crippen LogP contribution in [0.2, 0.25) is 0 Å². The van der Waals surface area contributed by atoms with Crippen molar-refractivity contribution in [2.75, 3.05) is 21.3 Å². The zero-order valence-corrected chi connectivity index (χ0v) is 12.5. The molecular weight excluding hydrogens is 242 g/mol. The summed E-state index contributed by atoms with van der Waals surface area (Å²) in [5.74, 6) is 1.51. The highest BCUT2D eigenvalue weighted by Gasteiger charge is 2.25. The van der Waals surface area contributed by atoms with Crippen LogP contribution < -0.4 is 14.8 Å². The molecule has 1 rings (SSSR count). The topological polar surface area (TPSA) is 47.6 Å². The van der Waals surface area contributed by atoms with Gasteiger partial charge in [0.1, 0.15) is 11.5 Å². The van der Waals surface area contributed by atoms with Gasteiger partial charge in [-0.15, -0.1) is 0 Å². The van der Waals surface area contributed by atoms with Crippen LogP contribution in [0.1, 0.15) is 29.8 Å². The second-order valence-corrected chi connectivity index (χ2v) is 4.90. The van der Waals surface area contributed by atoms with E-state index < -0.39 is 0 Å². The van der Waals surface area contributed by atoms with E-state index in [9.17, 15) is 4.79 Å². The number of carbonyl (C=O) groups excluding carboxylic acids is 1. The molecule has 4 heteroatoms. The molecule has 0 heterocycles. The van der Waals surface area contributed by atoms with Crippen molar-refractivity contribution in [2.45, 2.75) is 26.8 Å². The summed E-state index contributed by atoms with van der Waals surface area (Å²) in [4.78, 5) is 12.6. The first kappa shape index (κ1) is 15.5. The fourth-order valence-electron chi connectivity index (χ4n) is 2.18. The maximum atomic E-state index is 12.6. The van der Waals surface area contributed by atoms with Gasteiger partial charge in [0, 0.05) is 0 Å². The van der Waals surface area contributed by atoms with Crippen molar-refractivity contribution in [1.82, 2.24) is 5.32 Å². The molecule has 0 fully saturated rings. The molecule has 4 nitrogen and oxygen atoms in total. The minimum Gasteiger partial charge on any atom is -0.496 e. The Balaban J connectivity index is 3.27. The molecule has 0 saturated heterocycles. The number of carbonyl (C=O) groups is 1. The van der Waals surface area contributed by atoms with E-state index in [1.54, 1.807) is 27.3 Å². The Hall–Kier alpha value is -1.55. The Bertz CT molecular complexity index is 455. The van der Waals surface area contributed by atoms with Gasteiger partial charge in [-0.05, 0) is 37.6 Å².